The summed E-state index contributed by atoms with van der Waals surface area (Å²) in [6.07, 6.45) is -0.492. The van der Waals surface area contributed by atoms with Gasteiger partial charge in [-0.3, -0.25) is 5.32 Å². The molecule has 0 saturated heterocycles. The number of ether oxygens (including phenoxy) is 2. The standard InChI is InChI=1S/C20H25N3O3S/c1-20(2,3)26-19(24)23-16-9-7-15(8-10-16)22-18(21)27-13-14-5-11-17(25-4)12-6-14/h5-12H,13H2,1-4H3,(H2,21,22)(H,23,24). The average molecular weight is 388 g/mol. The van der Waals surface area contributed by atoms with E-state index in [-0.39, 0.29) is 0 Å². The number of rotatable bonds is 5. The Morgan fingerprint density at radius 3 is 2.30 bits per heavy atom. The normalized spacial score (nSPS) is 11.8. The molecule has 7 heteroatoms. The Balaban J connectivity index is 1.88. The Morgan fingerprint density at radius 1 is 1.11 bits per heavy atom. The lowest BCUT2D eigenvalue weighted by molar-refractivity contribution is 0.0636. The van der Waals surface area contributed by atoms with Crippen LogP contribution in [0.5, 0.6) is 5.75 Å². The summed E-state index contributed by atoms with van der Waals surface area (Å²) in [6, 6.07) is 14.9. The molecule has 6 nitrogen and oxygen atoms in total. The molecule has 0 atom stereocenters. The van der Waals surface area contributed by atoms with Crippen molar-refractivity contribution in [1.82, 2.24) is 0 Å². The van der Waals surface area contributed by atoms with Crippen LogP contribution in [0.3, 0.4) is 0 Å². The van der Waals surface area contributed by atoms with Crippen molar-refractivity contribution in [2.24, 2.45) is 10.7 Å². The zero-order valence-corrected chi connectivity index (χ0v) is 16.8. The fourth-order valence-electron chi connectivity index (χ4n) is 2.08. The van der Waals surface area contributed by atoms with Crippen molar-refractivity contribution in [1.29, 1.82) is 0 Å². The highest BCUT2D eigenvalue weighted by atomic mass is 32.2. The number of carbonyl (C=O) groups excluding carboxylic acids is 1. The number of amides is 1. The molecule has 2 aromatic rings. The van der Waals surface area contributed by atoms with Crippen molar-refractivity contribution in [2.75, 3.05) is 12.4 Å². The lowest BCUT2D eigenvalue weighted by Gasteiger charge is -2.19. The maximum absolute atomic E-state index is 11.8. The van der Waals surface area contributed by atoms with Crippen molar-refractivity contribution in [3.8, 4) is 5.75 Å². The number of aliphatic imine (C=N–C) groups is 1. The first-order valence-corrected chi connectivity index (χ1v) is 9.44. The number of amidine groups is 1. The number of nitrogens with one attached hydrogen (secondary N) is 1. The molecular formula is C20H25N3O3S. The van der Waals surface area contributed by atoms with Gasteiger partial charge in [-0.2, -0.15) is 0 Å². The SMILES string of the molecule is COc1ccc(CSC(N)=Nc2ccc(NC(=O)OC(C)(C)C)cc2)cc1. The summed E-state index contributed by atoms with van der Waals surface area (Å²) in [5, 5.41) is 3.15. The molecule has 1 amide bonds. The van der Waals surface area contributed by atoms with E-state index in [4.69, 9.17) is 15.2 Å². The Hall–Kier alpha value is -2.67. The molecule has 0 fully saturated rings. The van der Waals surface area contributed by atoms with Crippen LogP contribution in [0.25, 0.3) is 0 Å². The van der Waals surface area contributed by atoms with Crippen LogP contribution < -0.4 is 15.8 Å². The van der Waals surface area contributed by atoms with E-state index in [1.165, 1.54) is 11.8 Å². The Kier molecular flexibility index (Phi) is 7.12. The summed E-state index contributed by atoms with van der Waals surface area (Å²) in [5.41, 5.74) is 7.94. The van der Waals surface area contributed by atoms with Gasteiger partial charge in [0.15, 0.2) is 5.17 Å². The van der Waals surface area contributed by atoms with E-state index < -0.39 is 11.7 Å². The van der Waals surface area contributed by atoms with Crippen LogP contribution in [0.1, 0.15) is 26.3 Å². The highest BCUT2D eigenvalue weighted by Gasteiger charge is 2.16. The maximum atomic E-state index is 11.8. The molecule has 0 spiro atoms. The molecule has 0 radical (unpaired) electrons. The van der Waals surface area contributed by atoms with Crippen LogP contribution in [-0.2, 0) is 10.5 Å². The predicted molar refractivity (Wildman–Crippen MR) is 112 cm³/mol. The molecule has 0 unspecified atom stereocenters. The van der Waals surface area contributed by atoms with Crippen molar-refractivity contribution in [3.63, 3.8) is 0 Å². The molecule has 2 aromatic carbocycles. The number of nitrogens with zero attached hydrogens (tertiary/aromatic N) is 1. The largest absolute Gasteiger partial charge is 0.497 e. The van der Waals surface area contributed by atoms with Gasteiger partial charge in [0, 0.05) is 11.4 Å². The highest BCUT2D eigenvalue weighted by molar-refractivity contribution is 8.13. The zero-order chi connectivity index (χ0) is 19.9. The fraction of sp³-hybridized carbons (Fsp3) is 0.300. The third-order valence-corrected chi connectivity index (χ3v) is 4.16. The maximum Gasteiger partial charge on any atom is 0.412 e. The van der Waals surface area contributed by atoms with Gasteiger partial charge in [0.25, 0.3) is 0 Å². The molecule has 0 saturated carbocycles. The van der Waals surface area contributed by atoms with Gasteiger partial charge in [-0.25, -0.2) is 9.79 Å². The molecule has 0 heterocycles. The van der Waals surface area contributed by atoms with Gasteiger partial charge < -0.3 is 15.2 Å². The summed E-state index contributed by atoms with van der Waals surface area (Å²) >= 11 is 1.46. The lowest BCUT2D eigenvalue weighted by Crippen LogP contribution is -2.27. The third-order valence-electron chi connectivity index (χ3n) is 3.30. The number of hydrogen-bond acceptors (Lipinski definition) is 5. The van der Waals surface area contributed by atoms with Crippen LogP contribution in [0.4, 0.5) is 16.2 Å². The van der Waals surface area contributed by atoms with Gasteiger partial charge in [0.1, 0.15) is 11.4 Å². The number of carbonyl (C=O) groups is 1. The van der Waals surface area contributed by atoms with Crippen LogP contribution in [-0.4, -0.2) is 24.0 Å². The van der Waals surface area contributed by atoms with Crippen molar-refractivity contribution >= 4 is 34.4 Å². The van der Waals surface area contributed by atoms with Crippen molar-refractivity contribution in [2.45, 2.75) is 32.1 Å². The van der Waals surface area contributed by atoms with E-state index in [1.54, 1.807) is 31.4 Å². The molecule has 27 heavy (non-hydrogen) atoms. The average Bonchev–Trinajstić information content (AvgIpc) is 2.60. The van der Waals surface area contributed by atoms with Gasteiger partial charge in [0.05, 0.1) is 12.8 Å². The van der Waals surface area contributed by atoms with Crippen LogP contribution >= 0.6 is 11.8 Å². The third kappa shape index (κ3) is 7.62. The summed E-state index contributed by atoms with van der Waals surface area (Å²) in [7, 11) is 1.64. The number of anilines is 1. The summed E-state index contributed by atoms with van der Waals surface area (Å²) in [5.74, 6) is 1.54. The topological polar surface area (TPSA) is 85.9 Å². The number of nitrogens with two attached hydrogens (primary N) is 1. The van der Waals surface area contributed by atoms with E-state index in [0.717, 1.165) is 17.1 Å². The summed E-state index contributed by atoms with van der Waals surface area (Å²) < 4.78 is 10.4. The first kappa shape index (κ1) is 20.6. The van der Waals surface area contributed by atoms with E-state index in [1.807, 2.05) is 45.0 Å². The minimum atomic E-state index is -0.538. The summed E-state index contributed by atoms with van der Waals surface area (Å²) in [6.45, 7) is 5.45. The highest BCUT2D eigenvalue weighted by Crippen LogP contribution is 2.21. The Morgan fingerprint density at radius 2 is 1.74 bits per heavy atom. The monoisotopic (exact) mass is 387 g/mol. The van der Waals surface area contributed by atoms with Gasteiger partial charge in [-0.05, 0) is 62.7 Å². The summed E-state index contributed by atoms with van der Waals surface area (Å²) in [4.78, 5) is 16.1. The van der Waals surface area contributed by atoms with E-state index in [9.17, 15) is 4.79 Å². The molecule has 2 rings (SSSR count). The quantitative estimate of drug-likeness (QED) is 0.562. The molecule has 0 aromatic heterocycles. The van der Waals surface area contributed by atoms with Gasteiger partial charge in [-0.1, -0.05) is 23.9 Å². The van der Waals surface area contributed by atoms with Crippen LogP contribution in [0.2, 0.25) is 0 Å². The van der Waals surface area contributed by atoms with Gasteiger partial charge in [0.2, 0.25) is 0 Å². The molecule has 0 aliphatic rings. The van der Waals surface area contributed by atoms with Crippen molar-refractivity contribution in [3.05, 3.63) is 54.1 Å². The molecule has 0 bridgehead atoms. The van der Waals surface area contributed by atoms with E-state index in [0.29, 0.717) is 16.5 Å². The second-order valence-corrected chi connectivity index (χ2v) is 7.76. The number of methoxy groups -OCH3 is 1. The predicted octanol–water partition coefficient (Wildman–Crippen LogP) is 4.92. The number of benzene rings is 2. The molecule has 144 valence electrons. The smallest absolute Gasteiger partial charge is 0.412 e. The van der Waals surface area contributed by atoms with E-state index in [2.05, 4.69) is 10.3 Å². The molecule has 3 N–H and O–H groups in total. The molecule has 0 aliphatic carbocycles. The molecular weight excluding hydrogens is 362 g/mol. The second-order valence-electron chi connectivity index (χ2n) is 6.76. The Labute approximate surface area is 164 Å². The fourth-order valence-corrected chi connectivity index (χ4v) is 2.76. The first-order chi connectivity index (χ1) is 12.7. The Bertz CT molecular complexity index is 782. The number of hydrogen-bond donors (Lipinski definition) is 2. The van der Waals surface area contributed by atoms with Crippen LogP contribution in [0.15, 0.2) is 53.5 Å². The van der Waals surface area contributed by atoms with Gasteiger partial charge in [-0.15, -0.1) is 0 Å². The number of thioether (sulfide) groups is 1. The van der Waals surface area contributed by atoms with E-state index >= 15 is 0 Å². The minimum Gasteiger partial charge on any atom is -0.497 e. The van der Waals surface area contributed by atoms with Crippen LogP contribution in [0, 0.1) is 0 Å². The minimum absolute atomic E-state index is 0.471. The molecule has 0 aliphatic heterocycles. The zero-order valence-electron chi connectivity index (χ0n) is 16.0. The van der Waals surface area contributed by atoms with Gasteiger partial charge >= 0.3 is 6.09 Å². The lowest BCUT2D eigenvalue weighted by atomic mass is 10.2. The second kappa shape index (κ2) is 9.32. The first-order valence-electron chi connectivity index (χ1n) is 8.45. The van der Waals surface area contributed by atoms with Crippen molar-refractivity contribution < 1.29 is 14.3 Å².